The van der Waals surface area contributed by atoms with E-state index in [1.54, 1.807) is 0 Å². The summed E-state index contributed by atoms with van der Waals surface area (Å²) in [6.07, 6.45) is 4.34. The Balaban J connectivity index is 1.72. The lowest BCUT2D eigenvalue weighted by Crippen LogP contribution is -2.29. The zero-order valence-electron chi connectivity index (χ0n) is 17.1. The molecular formula is C26H21N2S2+. The molecule has 4 heteroatoms. The van der Waals surface area contributed by atoms with E-state index >= 15 is 0 Å². The Morgan fingerprint density at radius 2 is 1.60 bits per heavy atom. The van der Waals surface area contributed by atoms with Crippen LogP contribution in [0.2, 0.25) is 0 Å². The quantitative estimate of drug-likeness (QED) is 0.260. The fourth-order valence-corrected chi connectivity index (χ4v) is 7.28. The SMILES string of the molecule is Cc1ccccc1-n1cc[n+](C)c1-c1c(C)ccc2c1sc1sc3ccccc3c12. The number of para-hydroxylation sites is 1. The fourth-order valence-electron chi connectivity index (χ4n) is 4.51. The first-order valence-electron chi connectivity index (χ1n) is 10.1. The molecule has 6 rings (SSSR count). The molecule has 3 heterocycles. The van der Waals surface area contributed by atoms with Crippen LogP contribution in [-0.2, 0) is 7.05 Å². The predicted octanol–water partition coefficient (Wildman–Crippen LogP) is 7.17. The molecule has 0 fully saturated rings. The predicted molar refractivity (Wildman–Crippen MR) is 130 cm³/mol. The molecule has 0 aliphatic heterocycles. The summed E-state index contributed by atoms with van der Waals surface area (Å²) >= 11 is 3.85. The van der Waals surface area contributed by atoms with Crippen molar-refractivity contribution in [2.45, 2.75) is 13.8 Å². The largest absolute Gasteiger partial charge is 0.295 e. The molecule has 0 amide bonds. The summed E-state index contributed by atoms with van der Waals surface area (Å²) in [5, 5.41) is 4.15. The third-order valence-electron chi connectivity index (χ3n) is 5.99. The van der Waals surface area contributed by atoms with Crippen LogP contribution in [0.3, 0.4) is 0 Å². The van der Waals surface area contributed by atoms with Gasteiger partial charge in [-0.3, -0.25) is 0 Å². The van der Waals surface area contributed by atoms with Crippen molar-refractivity contribution < 1.29 is 4.57 Å². The number of benzene rings is 3. The Morgan fingerprint density at radius 3 is 2.47 bits per heavy atom. The van der Waals surface area contributed by atoms with Crippen molar-refractivity contribution in [3.8, 4) is 17.1 Å². The van der Waals surface area contributed by atoms with Gasteiger partial charge in [-0.2, -0.15) is 4.57 Å². The highest BCUT2D eigenvalue weighted by Gasteiger charge is 2.26. The third-order valence-corrected chi connectivity index (χ3v) is 8.48. The minimum atomic E-state index is 1.23. The van der Waals surface area contributed by atoms with E-state index in [1.807, 2.05) is 22.7 Å². The van der Waals surface area contributed by atoms with Gasteiger partial charge in [-0.15, -0.1) is 22.7 Å². The maximum absolute atomic E-state index is 2.34. The second-order valence-corrected chi connectivity index (χ2v) is 10.2. The Hall–Kier alpha value is -2.95. The van der Waals surface area contributed by atoms with Crippen molar-refractivity contribution >= 4 is 52.2 Å². The number of imidazole rings is 1. The molecule has 0 N–H and O–H groups in total. The zero-order chi connectivity index (χ0) is 20.4. The number of aromatic nitrogens is 2. The minimum Gasteiger partial charge on any atom is -0.232 e. The molecule has 146 valence electrons. The van der Waals surface area contributed by atoms with Gasteiger partial charge in [-0.05, 0) is 37.1 Å². The molecule has 0 saturated heterocycles. The van der Waals surface area contributed by atoms with Crippen LogP contribution >= 0.6 is 22.7 Å². The molecule has 0 bridgehead atoms. The van der Waals surface area contributed by atoms with E-state index in [1.165, 1.54) is 57.8 Å². The number of fused-ring (bicyclic) bond motifs is 5. The molecule has 0 atom stereocenters. The molecule has 30 heavy (non-hydrogen) atoms. The Bertz CT molecular complexity index is 1580. The van der Waals surface area contributed by atoms with E-state index in [9.17, 15) is 0 Å². The normalized spacial score (nSPS) is 11.8. The average Bonchev–Trinajstić information content (AvgIpc) is 3.40. The smallest absolute Gasteiger partial charge is 0.232 e. The first kappa shape index (κ1) is 17.9. The van der Waals surface area contributed by atoms with Crippen LogP contribution in [0.5, 0.6) is 0 Å². The molecule has 3 aromatic carbocycles. The lowest BCUT2D eigenvalue weighted by Gasteiger charge is -2.09. The van der Waals surface area contributed by atoms with Crippen molar-refractivity contribution in [1.29, 1.82) is 0 Å². The minimum absolute atomic E-state index is 1.23. The molecule has 0 saturated carbocycles. The number of thiophene rings is 2. The highest BCUT2D eigenvalue weighted by Crippen LogP contribution is 2.47. The second-order valence-electron chi connectivity index (χ2n) is 7.89. The van der Waals surface area contributed by atoms with Crippen LogP contribution in [0.25, 0.3) is 46.6 Å². The third kappa shape index (κ3) is 2.44. The van der Waals surface area contributed by atoms with E-state index in [4.69, 9.17) is 0 Å². The molecule has 2 nitrogen and oxygen atoms in total. The summed E-state index contributed by atoms with van der Waals surface area (Å²) in [6, 6.07) is 22.0. The summed E-state index contributed by atoms with van der Waals surface area (Å²) in [7, 11) is 2.15. The number of hydrogen-bond acceptors (Lipinski definition) is 2. The van der Waals surface area contributed by atoms with Gasteiger partial charge in [-0.1, -0.05) is 48.5 Å². The van der Waals surface area contributed by atoms with Crippen LogP contribution < -0.4 is 4.57 Å². The molecule has 0 unspecified atom stereocenters. The molecule has 3 aromatic heterocycles. The number of nitrogens with zero attached hydrogens (tertiary/aromatic N) is 2. The lowest BCUT2D eigenvalue weighted by atomic mass is 10.0. The molecule has 0 spiro atoms. The molecule has 6 aromatic rings. The van der Waals surface area contributed by atoms with E-state index in [0.29, 0.717) is 0 Å². The molecule has 0 aliphatic rings. The maximum atomic E-state index is 2.34. The number of aryl methyl sites for hydroxylation is 3. The van der Waals surface area contributed by atoms with Gasteiger partial charge in [-0.25, -0.2) is 4.57 Å². The van der Waals surface area contributed by atoms with Crippen molar-refractivity contribution in [3.05, 3.63) is 84.2 Å². The highest BCUT2D eigenvalue weighted by molar-refractivity contribution is 7.44. The van der Waals surface area contributed by atoms with Crippen molar-refractivity contribution in [2.24, 2.45) is 7.05 Å². The fraction of sp³-hybridized carbons (Fsp3) is 0.115. The number of hydrogen-bond donors (Lipinski definition) is 0. The first-order chi connectivity index (χ1) is 14.6. The summed E-state index contributed by atoms with van der Waals surface area (Å²) < 4.78 is 8.75. The van der Waals surface area contributed by atoms with Gasteiger partial charge in [0.05, 0.1) is 21.3 Å². The van der Waals surface area contributed by atoms with E-state index < -0.39 is 0 Å². The van der Waals surface area contributed by atoms with Crippen molar-refractivity contribution in [2.75, 3.05) is 0 Å². The highest BCUT2D eigenvalue weighted by atomic mass is 32.2. The Kier molecular flexibility index (Phi) is 3.89. The summed E-state index contributed by atoms with van der Waals surface area (Å²) in [5.74, 6) is 1.23. The van der Waals surface area contributed by atoms with Crippen LogP contribution in [0, 0.1) is 13.8 Å². The van der Waals surface area contributed by atoms with E-state index in [0.717, 1.165) is 0 Å². The van der Waals surface area contributed by atoms with E-state index in [-0.39, 0.29) is 0 Å². The molecule has 0 aliphatic carbocycles. The van der Waals surface area contributed by atoms with Gasteiger partial charge >= 0.3 is 0 Å². The first-order valence-corrected chi connectivity index (χ1v) is 11.7. The Labute approximate surface area is 183 Å². The Morgan fingerprint density at radius 1 is 0.800 bits per heavy atom. The second kappa shape index (κ2) is 6.53. The van der Waals surface area contributed by atoms with Gasteiger partial charge in [0, 0.05) is 20.9 Å². The maximum Gasteiger partial charge on any atom is 0.295 e. The number of rotatable bonds is 2. The van der Waals surface area contributed by atoms with Gasteiger partial charge in [0.15, 0.2) is 0 Å². The van der Waals surface area contributed by atoms with Gasteiger partial charge in [0.25, 0.3) is 5.82 Å². The van der Waals surface area contributed by atoms with E-state index in [2.05, 4.69) is 103 Å². The summed E-state index contributed by atoms with van der Waals surface area (Å²) in [5.41, 5.74) is 5.15. The van der Waals surface area contributed by atoms with Crippen LogP contribution in [0.4, 0.5) is 0 Å². The van der Waals surface area contributed by atoms with Crippen LogP contribution in [0.1, 0.15) is 11.1 Å². The van der Waals surface area contributed by atoms with Crippen molar-refractivity contribution in [1.82, 2.24) is 4.57 Å². The standard InChI is InChI=1S/C26H21N2S2/c1-16-8-4-6-10-20(16)28-15-14-27(3)25(28)22-17(2)12-13-19-23-18-9-5-7-11-21(18)29-26(23)30-24(19)22/h4-15H,1-3H3/q+1. The van der Waals surface area contributed by atoms with Crippen LogP contribution in [-0.4, -0.2) is 4.57 Å². The summed E-state index contributed by atoms with van der Waals surface area (Å²) in [4.78, 5) is 0. The van der Waals surface area contributed by atoms with Crippen LogP contribution in [0.15, 0.2) is 73.1 Å². The molecular weight excluding hydrogens is 404 g/mol. The monoisotopic (exact) mass is 425 g/mol. The van der Waals surface area contributed by atoms with Gasteiger partial charge < -0.3 is 0 Å². The lowest BCUT2D eigenvalue weighted by molar-refractivity contribution is -0.659. The average molecular weight is 426 g/mol. The van der Waals surface area contributed by atoms with Gasteiger partial charge in [0.1, 0.15) is 18.1 Å². The van der Waals surface area contributed by atoms with Gasteiger partial charge in [0.2, 0.25) is 0 Å². The van der Waals surface area contributed by atoms with Crippen molar-refractivity contribution in [3.63, 3.8) is 0 Å². The topological polar surface area (TPSA) is 8.81 Å². The zero-order valence-corrected chi connectivity index (χ0v) is 18.8. The molecule has 0 radical (unpaired) electrons. The summed E-state index contributed by atoms with van der Waals surface area (Å²) in [6.45, 7) is 4.41.